The average Bonchev–Trinajstić information content (AvgIpc) is 2.54. The van der Waals surface area contributed by atoms with Gasteiger partial charge in [-0.15, -0.1) is 0 Å². The van der Waals surface area contributed by atoms with Crippen molar-refractivity contribution < 1.29 is 13.9 Å². The van der Waals surface area contributed by atoms with Gasteiger partial charge in [-0.25, -0.2) is 4.39 Å². The molecule has 0 saturated carbocycles. The van der Waals surface area contributed by atoms with E-state index < -0.39 is 5.82 Å². The first kappa shape index (κ1) is 17.0. The van der Waals surface area contributed by atoms with Gasteiger partial charge in [0.1, 0.15) is 11.6 Å². The molecule has 2 rings (SSSR count). The third kappa shape index (κ3) is 4.58. The topological polar surface area (TPSA) is 41.6 Å². The molecule has 122 valence electrons. The summed E-state index contributed by atoms with van der Waals surface area (Å²) in [5.74, 6) is -0.127. The molecule has 0 radical (unpaired) electrons. The molecular weight excluding hydrogens is 307 g/mol. The Morgan fingerprint density at radius 3 is 2.82 bits per heavy atom. The van der Waals surface area contributed by atoms with Crippen molar-refractivity contribution in [2.45, 2.75) is 32.2 Å². The van der Waals surface area contributed by atoms with Crippen LogP contribution < -0.4 is 10.1 Å². The minimum Gasteiger partial charge on any atom is -0.484 e. The van der Waals surface area contributed by atoms with Crippen LogP contribution in [0.5, 0.6) is 5.75 Å². The first-order valence-electron chi connectivity index (χ1n) is 7.70. The minimum absolute atomic E-state index is 0.00582. The quantitative estimate of drug-likeness (QED) is 0.873. The third-order valence-electron chi connectivity index (χ3n) is 3.79. The minimum atomic E-state index is -0.498. The molecule has 0 atom stereocenters. The Morgan fingerprint density at radius 1 is 1.45 bits per heavy atom. The van der Waals surface area contributed by atoms with E-state index in [0.717, 1.165) is 38.9 Å². The van der Waals surface area contributed by atoms with Gasteiger partial charge in [0.2, 0.25) is 0 Å². The molecule has 1 N–H and O–H groups in total. The maximum absolute atomic E-state index is 13.1. The fourth-order valence-corrected chi connectivity index (χ4v) is 2.84. The largest absolute Gasteiger partial charge is 0.484 e. The molecule has 0 unspecified atom stereocenters. The molecular formula is C16H22ClFN2O2. The van der Waals surface area contributed by atoms with E-state index in [1.807, 2.05) is 4.90 Å². The maximum atomic E-state index is 13.1. The molecule has 6 heteroatoms. The van der Waals surface area contributed by atoms with E-state index in [-0.39, 0.29) is 23.6 Å². The lowest BCUT2D eigenvalue weighted by molar-refractivity contribution is -0.136. The molecule has 0 spiro atoms. The standard InChI is InChI=1S/C16H22ClFN2O2/c1-2-9-20(12-5-7-19-8-6-12)16(21)11-22-13-3-4-15(18)14(17)10-13/h3-4,10,12,19H,2,5-9,11H2,1H3. The molecule has 1 aliphatic heterocycles. The summed E-state index contributed by atoms with van der Waals surface area (Å²) in [4.78, 5) is 14.3. The van der Waals surface area contributed by atoms with E-state index in [0.29, 0.717) is 5.75 Å². The van der Waals surface area contributed by atoms with Crippen LogP contribution in [0.3, 0.4) is 0 Å². The second-order valence-electron chi connectivity index (χ2n) is 5.43. The van der Waals surface area contributed by atoms with E-state index in [1.165, 1.54) is 18.2 Å². The van der Waals surface area contributed by atoms with E-state index in [9.17, 15) is 9.18 Å². The number of hydrogen-bond acceptors (Lipinski definition) is 3. The number of nitrogens with zero attached hydrogens (tertiary/aromatic N) is 1. The van der Waals surface area contributed by atoms with Gasteiger partial charge in [0.25, 0.3) is 5.91 Å². The van der Waals surface area contributed by atoms with Crippen molar-refractivity contribution in [2.24, 2.45) is 0 Å². The van der Waals surface area contributed by atoms with Crippen LogP contribution in [0.15, 0.2) is 18.2 Å². The molecule has 1 aromatic rings. The lowest BCUT2D eigenvalue weighted by Crippen LogP contribution is -2.48. The van der Waals surface area contributed by atoms with Gasteiger partial charge in [-0.2, -0.15) is 0 Å². The van der Waals surface area contributed by atoms with Crippen LogP contribution in [-0.2, 0) is 4.79 Å². The summed E-state index contributed by atoms with van der Waals surface area (Å²) in [6.45, 7) is 4.62. The van der Waals surface area contributed by atoms with Gasteiger partial charge in [-0.05, 0) is 44.5 Å². The summed E-state index contributed by atoms with van der Waals surface area (Å²) in [6, 6.07) is 4.37. The molecule has 22 heavy (non-hydrogen) atoms. The van der Waals surface area contributed by atoms with Crippen molar-refractivity contribution in [3.63, 3.8) is 0 Å². The first-order chi connectivity index (χ1) is 10.6. The second kappa shape index (κ2) is 8.34. The SMILES string of the molecule is CCCN(C(=O)COc1ccc(F)c(Cl)c1)C1CCNCC1. The van der Waals surface area contributed by atoms with E-state index in [4.69, 9.17) is 16.3 Å². The lowest BCUT2D eigenvalue weighted by atomic mass is 10.0. The van der Waals surface area contributed by atoms with E-state index in [1.54, 1.807) is 0 Å². The van der Waals surface area contributed by atoms with Crippen LogP contribution in [0.25, 0.3) is 0 Å². The molecule has 1 fully saturated rings. The predicted octanol–water partition coefficient (Wildman–Crippen LogP) is 2.85. The molecule has 1 aromatic carbocycles. The number of piperidine rings is 1. The first-order valence-corrected chi connectivity index (χ1v) is 8.07. The number of carbonyl (C=O) groups excluding carboxylic acids is 1. The van der Waals surface area contributed by atoms with E-state index in [2.05, 4.69) is 12.2 Å². The summed E-state index contributed by atoms with van der Waals surface area (Å²) < 4.78 is 18.6. The highest BCUT2D eigenvalue weighted by atomic mass is 35.5. The van der Waals surface area contributed by atoms with Crippen LogP contribution in [0.4, 0.5) is 4.39 Å². The highest BCUT2D eigenvalue weighted by Gasteiger charge is 2.24. The monoisotopic (exact) mass is 328 g/mol. The zero-order valence-electron chi connectivity index (χ0n) is 12.8. The molecule has 1 amide bonds. The molecule has 1 saturated heterocycles. The van der Waals surface area contributed by atoms with Crippen LogP contribution in [-0.4, -0.2) is 43.1 Å². The number of carbonyl (C=O) groups is 1. The molecule has 0 aliphatic carbocycles. The van der Waals surface area contributed by atoms with Crippen molar-refractivity contribution in [1.82, 2.24) is 10.2 Å². The van der Waals surface area contributed by atoms with Crippen LogP contribution in [0, 0.1) is 5.82 Å². The van der Waals surface area contributed by atoms with Gasteiger partial charge >= 0.3 is 0 Å². The Bertz CT molecular complexity index is 507. The van der Waals surface area contributed by atoms with Gasteiger partial charge in [-0.3, -0.25) is 4.79 Å². The average molecular weight is 329 g/mol. The van der Waals surface area contributed by atoms with Crippen molar-refractivity contribution in [3.8, 4) is 5.75 Å². The smallest absolute Gasteiger partial charge is 0.260 e. The Morgan fingerprint density at radius 2 is 2.18 bits per heavy atom. The van der Waals surface area contributed by atoms with Crippen LogP contribution in [0.1, 0.15) is 26.2 Å². The van der Waals surface area contributed by atoms with Crippen molar-refractivity contribution in [1.29, 1.82) is 0 Å². The number of hydrogen-bond donors (Lipinski definition) is 1. The van der Waals surface area contributed by atoms with Crippen molar-refractivity contribution in [2.75, 3.05) is 26.2 Å². The number of halogens is 2. The summed E-state index contributed by atoms with van der Waals surface area (Å²) in [7, 11) is 0. The van der Waals surface area contributed by atoms with Crippen molar-refractivity contribution in [3.05, 3.63) is 29.0 Å². The summed E-state index contributed by atoms with van der Waals surface area (Å²) in [5, 5.41) is 3.29. The van der Waals surface area contributed by atoms with Gasteiger partial charge in [0.05, 0.1) is 5.02 Å². The summed E-state index contributed by atoms with van der Waals surface area (Å²) >= 11 is 5.71. The highest BCUT2D eigenvalue weighted by molar-refractivity contribution is 6.30. The number of ether oxygens (including phenoxy) is 1. The molecule has 1 aliphatic rings. The fourth-order valence-electron chi connectivity index (χ4n) is 2.66. The Balaban J connectivity index is 1.93. The zero-order valence-corrected chi connectivity index (χ0v) is 13.5. The van der Waals surface area contributed by atoms with Crippen LogP contribution >= 0.6 is 11.6 Å². The second-order valence-corrected chi connectivity index (χ2v) is 5.84. The fraction of sp³-hybridized carbons (Fsp3) is 0.562. The van der Waals surface area contributed by atoms with Crippen molar-refractivity contribution >= 4 is 17.5 Å². The molecule has 1 heterocycles. The number of nitrogens with one attached hydrogen (secondary N) is 1. The van der Waals surface area contributed by atoms with Crippen LogP contribution in [0.2, 0.25) is 5.02 Å². The third-order valence-corrected chi connectivity index (χ3v) is 4.08. The molecule has 0 bridgehead atoms. The number of rotatable bonds is 6. The normalized spacial score (nSPS) is 15.6. The van der Waals surface area contributed by atoms with E-state index >= 15 is 0 Å². The number of amides is 1. The lowest BCUT2D eigenvalue weighted by Gasteiger charge is -2.34. The summed E-state index contributed by atoms with van der Waals surface area (Å²) in [5.41, 5.74) is 0. The Kier molecular flexibility index (Phi) is 6.46. The van der Waals surface area contributed by atoms with Gasteiger partial charge in [0, 0.05) is 18.7 Å². The zero-order chi connectivity index (χ0) is 15.9. The highest BCUT2D eigenvalue weighted by Crippen LogP contribution is 2.21. The number of benzene rings is 1. The van der Waals surface area contributed by atoms with Gasteiger partial charge in [0.15, 0.2) is 6.61 Å². The Hall–Kier alpha value is -1.33. The predicted molar refractivity (Wildman–Crippen MR) is 84.8 cm³/mol. The maximum Gasteiger partial charge on any atom is 0.260 e. The molecule has 0 aromatic heterocycles. The molecule has 4 nitrogen and oxygen atoms in total. The Labute approximate surface area is 135 Å². The van der Waals surface area contributed by atoms with Gasteiger partial charge in [-0.1, -0.05) is 18.5 Å². The van der Waals surface area contributed by atoms with Gasteiger partial charge < -0.3 is 15.0 Å². The summed E-state index contributed by atoms with van der Waals surface area (Å²) in [6.07, 6.45) is 2.85.